The van der Waals surface area contributed by atoms with Gasteiger partial charge in [-0.2, -0.15) is 5.26 Å². The van der Waals surface area contributed by atoms with Crippen molar-refractivity contribution in [1.29, 1.82) is 5.26 Å². The Kier molecular flexibility index (Phi) is 19.3. The zero-order valence-electron chi connectivity index (χ0n) is 46.0. The van der Waals surface area contributed by atoms with E-state index in [-0.39, 0.29) is 47.9 Å². The van der Waals surface area contributed by atoms with E-state index in [9.17, 15) is 24.4 Å². The number of hydrogen-bond donors (Lipinski definition) is 3. The van der Waals surface area contributed by atoms with Gasteiger partial charge in [-0.3, -0.25) is 24.2 Å². The molecule has 2 fully saturated rings. The van der Waals surface area contributed by atoms with Crippen molar-refractivity contribution in [1.82, 2.24) is 35.6 Å². The lowest BCUT2D eigenvalue weighted by atomic mass is 9.98. The Bertz CT molecular complexity index is 2800. The van der Waals surface area contributed by atoms with E-state index < -0.39 is 0 Å². The Hall–Kier alpha value is -6.20. The van der Waals surface area contributed by atoms with Crippen LogP contribution in [0.15, 0.2) is 60.7 Å². The van der Waals surface area contributed by atoms with Gasteiger partial charge in [0, 0.05) is 101 Å². The molecule has 4 aromatic rings. The average Bonchev–Trinajstić information content (AvgIpc) is 4.25. The molecule has 0 radical (unpaired) electrons. The van der Waals surface area contributed by atoms with Crippen LogP contribution in [0.3, 0.4) is 0 Å². The standard InChI is InChI=1S/C63H75Cl2N9O6/c1-67-56-36-48(65)35-55-53(56)38-58(71-25-8-3-9-26-71)62(55)80-51-18-16-45-41-74(28-20-43(45)33-51)60(77)14-10-22-70-63(78)69-21-7-2-4-11-49(75)12-5-6-13-59(76)73-27-19-42-32-50(17-15-44(42)40-73)79-61-54-34-47(64)31-46(39-66)52(54)37-57(61)72-29-23-68-24-30-72/h15-18,31-36,57-58,61-62,68H,2-14,19-30,37-38,40-41H2,(H2,69,70,78)/t57-,58-,61-,62-/m0/s1. The number of piperidine rings is 1. The van der Waals surface area contributed by atoms with E-state index in [0.717, 1.165) is 129 Å². The number of nitrogens with one attached hydrogen (secondary N) is 3. The average molecular weight is 1130 g/mol. The number of Topliss-reactive ketones (excluding diaryl/α,β-unsaturated/α-hetero) is 1. The number of halogens is 2. The first-order valence-corrected chi connectivity index (χ1v) is 30.0. The van der Waals surface area contributed by atoms with Gasteiger partial charge in [0.1, 0.15) is 29.5 Å². The largest absolute Gasteiger partial charge is 0.484 e. The molecule has 15 nitrogen and oxygen atoms in total. The number of ether oxygens (including phenoxy) is 2. The van der Waals surface area contributed by atoms with Gasteiger partial charge in [0.25, 0.3) is 0 Å². The summed E-state index contributed by atoms with van der Waals surface area (Å²) in [6.45, 7) is 16.8. The molecule has 4 aliphatic heterocycles. The van der Waals surface area contributed by atoms with Crippen LogP contribution in [0.25, 0.3) is 4.85 Å². The number of nitrogens with zero attached hydrogens (tertiary/aromatic N) is 6. The molecule has 6 aliphatic rings. The van der Waals surface area contributed by atoms with Gasteiger partial charge in [-0.25, -0.2) is 9.64 Å². The number of benzene rings is 4. The van der Waals surface area contributed by atoms with Gasteiger partial charge in [0.05, 0.1) is 30.3 Å². The van der Waals surface area contributed by atoms with Gasteiger partial charge in [-0.15, -0.1) is 0 Å². The number of amides is 4. The molecule has 3 N–H and O–H groups in total. The van der Waals surface area contributed by atoms with Gasteiger partial charge in [0.15, 0.2) is 5.69 Å². The third-order valence-electron chi connectivity index (χ3n) is 17.3. The number of likely N-dealkylation sites (tertiary alicyclic amines) is 1. The molecule has 422 valence electrons. The third kappa shape index (κ3) is 13.9. The van der Waals surface area contributed by atoms with E-state index in [1.807, 2.05) is 34.1 Å². The molecule has 4 aromatic carbocycles. The number of piperazine rings is 1. The predicted molar refractivity (Wildman–Crippen MR) is 309 cm³/mol. The van der Waals surface area contributed by atoms with Crippen LogP contribution in [0.4, 0.5) is 10.5 Å². The molecule has 0 spiro atoms. The molecule has 0 unspecified atom stereocenters. The van der Waals surface area contributed by atoms with Gasteiger partial charge in [-0.1, -0.05) is 48.2 Å². The number of rotatable bonds is 21. The van der Waals surface area contributed by atoms with E-state index in [1.165, 1.54) is 30.4 Å². The molecule has 17 heteroatoms. The molecule has 4 amide bonds. The monoisotopic (exact) mass is 1120 g/mol. The number of hydrogen-bond acceptors (Lipinski definition) is 10. The molecular weight excluding hydrogens is 1050 g/mol. The Morgan fingerprint density at radius 1 is 0.625 bits per heavy atom. The summed E-state index contributed by atoms with van der Waals surface area (Å²) in [6.07, 6.45) is 12.1. The second-order valence-electron chi connectivity index (χ2n) is 22.6. The molecule has 0 aromatic heterocycles. The molecule has 2 aliphatic carbocycles. The predicted octanol–water partition coefficient (Wildman–Crippen LogP) is 10.1. The first kappa shape index (κ1) is 57.1. The minimum absolute atomic E-state index is 0.0723. The van der Waals surface area contributed by atoms with Crippen LogP contribution in [0, 0.1) is 17.9 Å². The number of carbonyl (C=O) groups excluding carboxylic acids is 4. The number of nitriles is 1. The molecular formula is C63H75Cl2N9O6. The quantitative estimate of drug-likeness (QED) is 0.0541. The van der Waals surface area contributed by atoms with Crippen LogP contribution in [0.2, 0.25) is 10.0 Å². The fourth-order valence-electron chi connectivity index (χ4n) is 13.0. The highest BCUT2D eigenvalue weighted by molar-refractivity contribution is 6.31. The molecule has 2 saturated heterocycles. The normalized spacial score (nSPS) is 20.6. The SMILES string of the molecule is [C-]#[N+]c1cc(Cl)cc2c1C[C@H](N1CCCCC1)[C@H]2Oc1ccc2c(c1)CCN(C(=O)CCCNC(=O)NCCCCCC(=O)CCCCC(=O)N1CCc3cc(O[C@H]4c5cc(Cl)cc(C#N)c5C[C@@H]4N4CCNCC4)ccc3C1)C2. The summed E-state index contributed by atoms with van der Waals surface area (Å²) in [4.78, 5) is 64.3. The number of fused-ring (bicyclic) bond motifs is 4. The maximum absolute atomic E-state index is 13.3. The van der Waals surface area contributed by atoms with Crippen molar-refractivity contribution in [2.24, 2.45) is 0 Å². The molecule has 0 saturated carbocycles. The zero-order valence-corrected chi connectivity index (χ0v) is 47.5. The fourth-order valence-corrected chi connectivity index (χ4v) is 13.4. The highest BCUT2D eigenvalue weighted by atomic mass is 35.5. The van der Waals surface area contributed by atoms with E-state index in [4.69, 9.17) is 39.2 Å². The number of unbranched alkanes of at least 4 members (excludes halogenated alkanes) is 3. The van der Waals surface area contributed by atoms with E-state index in [1.54, 1.807) is 12.1 Å². The Balaban J connectivity index is 0.567. The third-order valence-corrected chi connectivity index (χ3v) is 17.7. The lowest BCUT2D eigenvalue weighted by Gasteiger charge is -2.36. The summed E-state index contributed by atoms with van der Waals surface area (Å²) in [5, 5.41) is 20.2. The molecule has 0 bridgehead atoms. The lowest BCUT2D eigenvalue weighted by molar-refractivity contribution is -0.133. The Morgan fingerprint density at radius 3 is 1.77 bits per heavy atom. The van der Waals surface area contributed by atoms with Gasteiger partial charge in [0.2, 0.25) is 11.8 Å². The van der Waals surface area contributed by atoms with Crippen LogP contribution in [-0.4, -0.2) is 121 Å². The van der Waals surface area contributed by atoms with Crippen LogP contribution in [0.1, 0.15) is 146 Å². The van der Waals surface area contributed by atoms with Crippen LogP contribution in [0.5, 0.6) is 11.5 Å². The fraction of sp³-hybridized carbons (Fsp3) is 0.524. The molecule has 80 heavy (non-hydrogen) atoms. The van der Waals surface area contributed by atoms with E-state index in [0.29, 0.717) is 106 Å². The van der Waals surface area contributed by atoms with Crippen molar-refractivity contribution >= 4 is 52.5 Å². The topological polar surface area (TPSA) is 164 Å². The number of urea groups is 1. The first-order valence-electron chi connectivity index (χ1n) is 29.3. The highest BCUT2D eigenvalue weighted by Gasteiger charge is 2.42. The lowest BCUT2D eigenvalue weighted by Crippen LogP contribution is -2.50. The second-order valence-corrected chi connectivity index (χ2v) is 23.4. The highest BCUT2D eigenvalue weighted by Crippen LogP contribution is 2.45. The first-order chi connectivity index (χ1) is 39.0. The summed E-state index contributed by atoms with van der Waals surface area (Å²) >= 11 is 13.0. The van der Waals surface area contributed by atoms with Gasteiger partial charge < -0.3 is 35.2 Å². The summed E-state index contributed by atoms with van der Waals surface area (Å²) in [5.41, 5.74) is 9.88. The number of carbonyl (C=O) groups is 4. The zero-order chi connectivity index (χ0) is 55.5. The minimum atomic E-state index is -0.256. The van der Waals surface area contributed by atoms with Crippen molar-refractivity contribution in [3.05, 3.63) is 132 Å². The Labute approximate surface area is 481 Å². The Morgan fingerprint density at radius 2 is 1.16 bits per heavy atom. The van der Waals surface area contributed by atoms with Gasteiger partial charge in [-0.05, 0) is 177 Å². The van der Waals surface area contributed by atoms with Crippen molar-refractivity contribution < 1.29 is 28.7 Å². The molecule has 4 atom stereocenters. The van der Waals surface area contributed by atoms with Gasteiger partial charge >= 0.3 is 6.03 Å². The van der Waals surface area contributed by atoms with Crippen molar-refractivity contribution in [2.45, 2.75) is 147 Å². The summed E-state index contributed by atoms with van der Waals surface area (Å²) < 4.78 is 13.6. The second kappa shape index (κ2) is 27.0. The van der Waals surface area contributed by atoms with E-state index in [2.05, 4.69) is 60.9 Å². The summed E-state index contributed by atoms with van der Waals surface area (Å²) in [5.74, 6) is 1.97. The maximum atomic E-state index is 13.3. The number of ketones is 1. The van der Waals surface area contributed by atoms with Crippen molar-refractivity contribution in [3.8, 4) is 17.6 Å². The molecule has 4 heterocycles. The van der Waals surface area contributed by atoms with Crippen LogP contribution in [-0.2, 0) is 53.2 Å². The maximum Gasteiger partial charge on any atom is 0.314 e. The van der Waals surface area contributed by atoms with Crippen molar-refractivity contribution in [3.63, 3.8) is 0 Å². The summed E-state index contributed by atoms with van der Waals surface area (Å²) in [6, 6.07) is 22.2. The van der Waals surface area contributed by atoms with Crippen molar-refractivity contribution in [2.75, 3.05) is 65.4 Å². The minimum Gasteiger partial charge on any atom is -0.484 e. The van der Waals surface area contributed by atoms with E-state index >= 15 is 0 Å². The summed E-state index contributed by atoms with van der Waals surface area (Å²) in [7, 11) is 0. The molecule has 10 rings (SSSR count). The smallest absolute Gasteiger partial charge is 0.314 e. The van der Waals surface area contributed by atoms with Crippen LogP contribution >= 0.6 is 23.2 Å². The van der Waals surface area contributed by atoms with Crippen LogP contribution < -0.4 is 25.4 Å².